The maximum Gasteiger partial charge on any atom is 0.191 e. The first kappa shape index (κ1) is 25.1. The van der Waals surface area contributed by atoms with Crippen molar-refractivity contribution in [1.82, 2.24) is 10.6 Å². The summed E-state index contributed by atoms with van der Waals surface area (Å²) in [5.41, 5.74) is 1.12. The number of hydrogen-bond donors (Lipinski definition) is 2. The van der Waals surface area contributed by atoms with Crippen molar-refractivity contribution >= 4 is 35.6 Å². The molecule has 2 N–H and O–H groups in total. The van der Waals surface area contributed by atoms with Crippen LogP contribution in [0.25, 0.3) is 0 Å². The van der Waals surface area contributed by atoms with Gasteiger partial charge >= 0.3 is 0 Å². The second-order valence-corrected chi connectivity index (χ2v) is 7.06. The Morgan fingerprint density at radius 3 is 2.48 bits per heavy atom. The molecule has 6 nitrogen and oxygen atoms in total. The molecule has 3 rings (SSSR count). The van der Waals surface area contributed by atoms with Gasteiger partial charge in [-0.05, 0) is 36.2 Å². The minimum absolute atomic E-state index is 0. The van der Waals surface area contributed by atoms with E-state index in [4.69, 9.17) is 9.47 Å². The monoisotopic (exact) mass is 546 g/mol. The maximum atomic E-state index is 14.0. The van der Waals surface area contributed by atoms with Crippen LogP contribution in [-0.4, -0.2) is 52.5 Å². The van der Waals surface area contributed by atoms with Crippen molar-refractivity contribution in [1.29, 1.82) is 0 Å². The van der Waals surface area contributed by atoms with E-state index in [2.05, 4.69) is 15.6 Å². The van der Waals surface area contributed by atoms with Gasteiger partial charge in [-0.25, -0.2) is 8.78 Å². The zero-order valence-corrected chi connectivity index (χ0v) is 20.1. The van der Waals surface area contributed by atoms with Crippen LogP contribution in [0.3, 0.4) is 0 Å². The van der Waals surface area contributed by atoms with Gasteiger partial charge in [0, 0.05) is 39.8 Å². The maximum absolute atomic E-state index is 14.0. The minimum Gasteiger partial charge on any atom is -0.491 e. The number of benzene rings is 2. The molecular formula is C22H29F2IN4O2. The van der Waals surface area contributed by atoms with E-state index in [1.807, 2.05) is 24.3 Å². The summed E-state index contributed by atoms with van der Waals surface area (Å²) in [6.07, 6.45) is 0.766. The van der Waals surface area contributed by atoms with Gasteiger partial charge in [-0.3, -0.25) is 4.99 Å². The summed E-state index contributed by atoms with van der Waals surface area (Å²) in [4.78, 5) is 5.99. The molecule has 0 spiro atoms. The smallest absolute Gasteiger partial charge is 0.191 e. The van der Waals surface area contributed by atoms with Crippen molar-refractivity contribution in [2.24, 2.45) is 4.99 Å². The van der Waals surface area contributed by atoms with Crippen LogP contribution >= 0.6 is 24.0 Å². The van der Waals surface area contributed by atoms with Crippen LogP contribution in [0.2, 0.25) is 0 Å². The van der Waals surface area contributed by atoms with Gasteiger partial charge in [0.15, 0.2) is 5.96 Å². The third-order valence-corrected chi connectivity index (χ3v) is 4.95. The molecule has 9 heteroatoms. The standard InChI is InChI=1S/C22H28F2N4O2.HI/c1-25-22(26-14-16-6-8-18(9-7-16)30-13-12-29-2)27-17-10-11-28(15-17)21-19(23)4-3-5-20(21)24;/h3-9,17H,10-15H2,1-2H3,(H2,25,26,27);1H. The van der Waals surface area contributed by atoms with Crippen LogP contribution in [0.15, 0.2) is 47.5 Å². The predicted molar refractivity (Wildman–Crippen MR) is 130 cm³/mol. The SMILES string of the molecule is CN=C(NCc1ccc(OCCOC)cc1)NC1CCN(c2c(F)cccc2F)C1.I. The number of nitrogens with zero attached hydrogens (tertiary/aromatic N) is 2. The van der Waals surface area contributed by atoms with Crippen LogP contribution < -0.4 is 20.3 Å². The molecule has 31 heavy (non-hydrogen) atoms. The van der Waals surface area contributed by atoms with E-state index in [-0.39, 0.29) is 35.7 Å². The molecule has 0 amide bonds. The molecule has 1 aliphatic rings. The zero-order valence-electron chi connectivity index (χ0n) is 17.7. The number of halogens is 3. The highest BCUT2D eigenvalue weighted by molar-refractivity contribution is 14.0. The average molecular weight is 546 g/mol. The summed E-state index contributed by atoms with van der Waals surface area (Å²) in [6, 6.07) is 11.8. The van der Waals surface area contributed by atoms with Gasteiger partial charge in [0.2, 0.25) is 0 Å². The molecule has 1 saturated heterocycles. The largest absolute Gasteiger partial charge is 0.491 e. The molecule has 0 aliphatic carbocycles. The first-order valence-electron chi connectivity index (χ1n) is 9.97. The molecule has 1 fully saturated rings. The zero-order chi connectivity index (χ0) is 21.3. The molecule has 1 heterocycles. The number of ether oxygens (including phenoxy) is 2. The van der Waals surface area contributed by atoms with Gasteiger partial charge in [0.25, 0.3) is 0 Å². The van der Waals surface area contributed by atoms with E-state index >= 15 is 0 Å². The number of aliphatic imine (C=N–C) groups is 1. The van der Waals surface area contributed by atoms with Crippen LogP contribution in [0.5, 0.6) is 5.75 Å². The van der Waals surface area contributed by atoms with E-state index in [1.54, 1.807) is 19.1 Å². The highest BCUT2D eigenvalue weighted by Gasteiger charge is 2.27. The Kier molecular flexibility index (Phi) is 10.3. The van der Waals surface area contributed by atoms with Gasteiger partial charge in [-0.1, -0.05) is 18.2 Å². The Morgan fingerprint density at radius 1 is 1.13 bits per heavy atom. The fourth-order valence-corrected chi connectivity index (χ4v) is 3.39. The van der Waals surface area contributed by atoms with E-state index in [1.165, 1.54) is 18.2 Å². The molecular weight excluding hydrogens is 517 g/mol. The van der Waals surface area contributed by atoms with Crippen LogP contribution in [-0.2, 0) is 11.3 Å². The Balaban J connectivity index is 0.00000341. The van der Waals surface area contributed by atoms with E-state index in [0.717, 1.165) is 17.7 Å². The summed E-state index contributed by atoms with van der Waals surface area (Å²) in [7, 11) is 3.34. The molecule has 2 aromatic rings. The van der Waals surface area contributed by atoms with Crippen LogP contribution in [0.1, 0.15) is 12.0 Å². The van der Waals surface area contributed by atoms with Crippen LogP contribution in [0, 0.1) is 11.6 Å². The fraction of sp³-hybridized carbons (Fsp3) is 0.409. The topological polar surface area (TPSA) is 58.1 Å². The lowest BCUT2D eigenvalue weighted by atomic mass is 10.2. The van der Waals surface area contributed by atoms with E-state index < -0.39 is 11.6 Å². The van der Waals surface area contributed by atoms with Crippen molar-refractivity contribution in [2.75, 3.05) is 45.4 Å². The second kappa shape index (κ2) is 12.7. The summed E-state index contributed by atoms with van der Waals surface area (Å²) in [6.45, 7) is 2.74. The summed E-state index contributed by atoms with van der Waals surface area (Å²) in [5.74, 6) is 0.376. The van der Waals surface area contributed by atoms with Crippen LogP contribution in [0.4, 0.5) is 14.5 Å². The molecule has 1 unspecified atom stereocenters. The summed E-state index contributed by atoms with van der Waals surface area (Å²) < 4.78 is 38.6. The van der Waals surface area contributed by atoms with Gasteiger partial charge in [-0.15, -0.1) is 24.0 Å². The molecule has 1 atom stereocenters. The summed E-state index contributed by atoms with van der Waals surface area (Å²) in [5, 5.41) is 6.61. The Bertz CT molecular complexity index is 832. The number of methoxy groups -OCH3 is 1. The Labute approximate surface area is 199 Å². The highest BCUT2D eigenvalue weighted by atomic mass is 127. The van der Waals surface area contributed by atoms with Gasteiger partial charge in [0.1, 0.15) is 29.7 Å². The average Bonchev–Trinajstić information content (AvgIpc) is 3.20. The number of para-hydroxylation sites is 1. The first-order chi connectivity index (χ1) is 14.6. The van der Waals surface area contributed by atoms with E-state index in [9.17, 15) is 8.78 Å². The third kappa shape index (κ3) is 7.20. The van der Waals surface area contributed by atoms with Crippen molar-refractivity contribution in [2.45, 2.75) is 19.0 Å². The third-order valence-electron chi connectivity index (χ3n) is 4.95. The Morgan fingerprint density at radius 2 is 1.84 bits per heavy atom. The molecule has 1 aliphatic heterocycles. The van der Waals surface area contributed by atoms with Crippen molar-refractivity contribution < 1.29 is 18.3 Å². The minimum atomic E-state index is -0.534. The number of anilines is 1. The fourth-order valence-electron chi connectivity index (χ4n) is 3.39. The molecule has 0 saturated carbocycles. The molecule has 0 radical (unpaired) electrons. The predicted octanol–water partition coefficient (Wildman–Crippen LogP) is 3.55. The lowest BCUT2D eigenvalue weighted by Crippen LogP contribution is -2.44. The van der Waals surface area contributed by atoms with Crippen molar-refractivity contribution in [3.63, 3.8) is 0 Å². The lowest BCUT2D eigenvalue weighted by Gasteiger charge is -2.21. The number of rotatable bonds is 8. The van der Waals surface area contributed by atoms with Gasteiger partial charge in [0.05, 0.1) is 6.61 Å². The second-order valence-electron chi connectivity index (χ2n) is 7.06. The van der Waals surface area contributed by atoms with Crippen molar-refractivity contribution in [3.05, 3.63) is 59.7 Å². The van der Waals surface area contributed by atoms with Gasteiger partial charge in [-0.2, -0.15) is 0 Å². The molecule has 0 aromatic heterocycles. The number of guanidine groups is 1. The molecule has 0 bridgehead atoms. The lowest BCUT2D eigenvalue weighted by molar-refractivity contribution is 0.146. The van der Waals surface area contributed by atoms with E-state index in [0.29, 0.717) is 38.8 Å². The number of nitrogens with one attached hydrogen (secondary N) is 2. The van der Waals surface area contributed by atoms with Crippen molar-refractivity contribution in [3.8, 4) is 5.75 Å². The molecule has 2 aromatic carbocycles. The molecule has 170 valence electrons. The highest BCUT2D eigenvalue weighted by Crippen LogP contribution is 2.26. The quantitative estimate of drug-likeness (QED) is 0.230. The first-order valence-corrected chi connectivity index (χ1v) is 9.97. The van der Waals surface area contributed by atoms with Gasteiger partial charge < -0.3 is 25.0 Å². The normalized spacial score (nSPS) is 16.1. The Hall–Kier alpha value is -2.14. The summed E-state index contributed by atoms with van der Waals surface area (Å²) >= 11 is 0. The number of hydrogen-bond acceptors (Lipinski definition) is 4.